The van der Waals surface area contributed by atoms with Crippen LogP contribution in [0.25, 0.3) is 11.1 Å². The van der Waals surface area contributed by atoms with E-state index in [1.165, 1.54) is 5.56 Å². The maximum Gasteiger partial charge on any atom is 0.255 e. The zero-order valence-electron chi connectivity index (χ0n) is 12.8. The molecular formula is C18H21N3O. The van der Waals surface area contributed by atoms with Crippen LogP contribution in [0.1, 0.15) is 28.8 Å². The minimum Gasteiger partial charge on any atom is -0.334 e. The molecule has 0 aliphatic carbocycles. The summed E-state index contributed by atoms with van der Waals surface area (Å²) in [6.45, 7) is 3.37. The van der Waals surface area contributed by atoms with Gasteiger partial charge in [0.2, 0.25) is 0 Å². The summed E-state index contributed by atoms with van der Waals surface area (Å²) in [5.41, 5.74) is 9.66. The first-order valence-corrected chi connectivity index (χ1v) is 7.72. The predicted octanol–water partition coefficient (Wildman–Crippen LogP) is 2.62. The molecule has 1 unspecified atom stereocenters. The summed E-state index contributed by atoms with van der Waals surface area (Å²) in [6, 6.07) is 10.3. The van der Waals surface area contributed by atoms with Crippen molar-refractivity contribution < 1.29 is 4.79 Å². The third-order valence-electron chi connectivity index (χ3n) is 4.28. The number of benzene rings is 1. The molecule has 4 heteroatoms. The lowest BCUT2D eigenvalue weighted by molar-refractivity contribution is 0.0741. The lowest BCUT2D eigenvalue weighted by Gasteiger charge is -2.23. The SMILES string of the molecule is Cc1ccc(-c2cncc(C(=O)N3CCCC3CN)c2)cc1. The molecule has 1 aliphatic heterocycles. The number of carbonyl (C=O) groups excluding carboxylic acids is 1. The molecule has 1 atom stereocenters. The summed E-state index contributed by atoms with van der Waals surface area (Å²) in [5, 5.41) is 0. The Balaban J connectivity index is 1.87. The standard InChI is InChI=1S/C18H21N3O/c1-13-4-6-14(7-5-13)15-9-16(12-20-11-15)18(22)21-8-2-3-17(21)10-19/h4-7,9,11-12,17H,2-3,8,10,19H2,1H3. The number of hydrogen-bond acceptors (Lipinski definition) is 3. The highest BCUT2D eigenvalue weighted by Gasteiger charge is 2.28. The first-order valence-electron chi connectivity index (χ1n) is 7.72. The molecule has 0 saturated carbocycles. The molecule has 1 fully saturated rings. The third-order valence-corrected chi connectivity index (χ3v) is 4.28. The number of aryl methyl sites for hydroxylation is 1. The Kier molecular flexibility index (Phi) is 4.20. The van der Waals surface area contributed by atoms with Crippen LogP contribution in [0.3, 0.4) is 0 Å². The van der Waals surface area contributed by atoms with E-state index in [0.717, 1.165) is 30.5 Å². The van der Waals surface area contributed by atoms with Crippen molar-refractivity contribution in [3.63, 3.8) is 0 Å². The molecular weight excluding hydrogens is 274 g/mol. The van der Waals surface area contributed by atoms with Crippen LogP contribution in [0.4, 0.5) is 0 Å². The van der Waals surface area contributed by atoms with Crippen molar-refractivity contribution in [3.8, 4) is 11.1 Å². The van der Waals surface area contributed by atoms with Crippen molar-refractivity contribution in [2.45, 2.75) is 25.8 Å². The fourth-order valence-electron chi connectivity index (χ4n) is 2.97. The van der Waals surface area contributed by atoms with Gasteiger partial charge in [0.1, 0.15) is 0 Å². The number of aromatic nitrogens is 1. The van der Waals surface area contributed by atoms with E-state index in [0.29, 0.717) is 12.1 Å². The zero-order chi connectivity index (χ0) is 15.5. The number of rotatable bonds is 3. The van der Waals surface area contributed by atoms with Crippen LogP contribution >= 0.6 is 0 Å². The molecule has 2 aromatic rings. The molecule has 0 spiro atoms. The predicted molar refractivity (Wildman–Crippen MR) is 87.5 cm³/mol. The molecule has 2 N–H and O–H groups in total. The zero-order valence-corrected chi connectivity index (χ0v) is 12.8. The van der Waals surface area contributed by atoms with Crippen LogP contribution in [0, 0.1) is 6.92 Å². The van der Waals surface area contributed by atoms with Crippen LogP contribution in [-0.4, -0.2) is 34.9 Å². The summed E-state index contributed by atoms with van der Waals surface area (Å²) < 4.78 is 0. The van der Waals surface area contributed by atoms with E-state index >= 15 is 0 Å². The Bertz CT molecular complexity index is 666. The second-order valence-electron chi connectivity index (χ2n) is 5.86. The van der Waals surface area contributed by atoms with Crippen LogP contribution in [0.2, 0.25) is 0 Å². The highest BCUT2D eigenvalue weighted by molar-refractivity contribution is 5.95. The Morgan fingerprint density at radius 1 is 1.27 bits per heavy atom. The second-order valence-corrected chi connectivity index (χ2v) is 5.86. The van der Waals surface area contributed by atoms with Gasteiger partial charge in [0, 0.05) is 37.1 Å². The van der Waals surface area contributed by atoms with Crippen molar-refractivity contribution in [1.82, 2.24) is 9.88 Å². The molecule has 114 valence electrons. The summed E-state index contributed by atoms with van der Waals surface area (Å²) in [4.78, 5) is 18.8. The van der Waals surface area contributed by atoms with Gasteiger partial charge in [-0.1, -0.05) is 29.8 Å². The maximum absolute atomic E-state index is 12.7. The molecule has 1 saturated heterocycles. The summed E-state index contributed by atoms with van der Waals surface area (Å²) >= 11 is 0. The van der Waals surface area contributed by atoms with Gasteiger partial charge in [0.25, 0.3) is 5.91 Å². The lowest BCUT2D eigenvalue weighted by atomic mass is 10.0. The molecule has 1 amide bonds. The maximum atomic E-state index is 12.7. The van der Waals surface area contributed by atoms with E-state index in [9.17, 15) is 4.79 Å². The Morgan fingerprint density at radius 2 is 2.05 bits per heavy atom. The van der Waals surface area contributed by atoms with E-state index in [1.54, 1.807) is 12.4 Å². The second kappa shape index (κ2) is 6.28. The van der Waals surface area contributed by atoms with Gasteiger partial charge in [-0.05, 0) is 31.4 Å². The van der Waals surface area contributed by atoms with Gasteiger partial charge in [0.15, 0.2) is 0 Å². The highest BCUT2D eigenvalue weighted by Crippen LogP contribution is 2.23. The van der Waals surface area contributed by atoms with Gasteiger partial charge in [-0.3, -0.25) is 9.78 Å². The first-order chi connectivity index (χ1) is 10.7. The largest absolute Gasteiger partial charge is 0.334 e. The molecule has 1 aromatic heterocycles. The van der Waals surface area contributed by atoms with E-state index in [1.807, 2.05) is 11.0 Å². The van der Waals surface area contributed by atoms with Crippen LogP contribution in [0.5, 0.6) is 0 Å². The van der Waals surface area contributed by atoms with Gasteiger partial charge < -0.3 is 10.6 Å². The van der Waals surface area contributed by atoms with Crippen molar-refractivity contribution >= 4 is 5.91 Å². The average molecular weight is 295 g/mol. The number of amides is 1. The van der Waals surface area contributed by atoms with Gasteiger partial charge in [-0.25, -0.2) is 0 Å². The molecule has 22 heavy (non-hydrogen) atoms. The molecule has 0 radical (unpaired) electrons. The minimum atomic E-state index is 0.0365. The van der Waals surface area contributed by atoms with Crippen molar-refractivity contribution in [3.05, 3.63) is 53.9 Å². The van der Waals surface area contributed by atoms with Gasteiger partial charge >= 0.3 is 0 Å². The normalized spacial score (nSPS) is 17.7. The van der Waals surface area contributed by atoms with Crippen molar-refractivity contribution in [2.24, 2.45) is 5.73 Å². The number of nitrogens with two attached hydrogens (primary N) is 1. The third kappa shape index (κ3) is 2.88. The molecule has 4 nitrogen and oxygen atoms in total. The summed E-state index contributed by atoms with van der Waals surface area (Å²) in [5.74, 6) is 0.0365. The highest BCUT2D eigenvalue weighted by atomic mass is 16.2. The Morgan fingerprint density at radius 3 is 2.77 bits per heavy atom. The summed E-state index contributed by atoms with van der Waals surface area (Å²) in [7, 11) is 0. The Hall–Kier alpha value is -2.20. The lowest BCUT2D eigenvalue weighted by Crippen LogP contribution is -2.39. The van der Waals surface area contributed by atoms with Gasteiger partial charge in [0.05, 0.1) is 5.56 Å². The molecule has 0 bridgehead atoms. The first kappa shape index (κ1) is 14.7. The van der Waals surface area contributed by atoms with Crippen molar-refractivity contribution in [2.75, 3.05) is 13.1 Å². The number of nitrogens with zero attached hydrogens (tertiary/aromatic N) is 2. The van der Waals surface area contributed by atoms with Crippen LogP contribution < -0.4 is 5.73 Å². The average Bonchev–Trinajstić information content (AvgIpc) is 3.03. The van der Waals surface area contributed by atoms with E-state index < -0.39 is 0 Å². The molecule has 2 heterocycles. The Labute approximate surface area is 131 Å². The smallest absolute Gasteiger partial charge is 0.255 e. The van der Waals surface area contributed by atoms with Crippen molar-refractivity contribution in [1.29, 1.82) is 0 Å². The molecule has 3 rings (SSSR count). The molecule has 1 aromatic carbocycles. The van der Waals surface area contributed by atoms with E-state index in [-0.39, 0.29) is 11.9 Å². The molecule has 1 aliphatic rings. The van der Waals surface area contributed by atoms with Gasteiger partial charge in [-0.15, -0.1) is 0 Å². The van der Waals surface area contributed by atoms with Crippen LogP contribution in [0.15, 0.2) is 42.7 Å². The summed E-state index contributed by atoms with van der Waals surface area (Å²) in [6.07, 6.45) is 5.46. The number of likely N-dealkylation sites (tertiary alicyclic amines) is 1. The minimum absolute atomic E-state index is 0.0365. The van der Waals surface area contributed by atoms with Gasteiger partial charge in [-0.2, -0.15) is 0 Å². The number of hydrogen-bond donors (Lipinski definition) is 1. The fourth-order valence-corrected chi connectivity index (χ4v) is 2.97. The van der Waals surface area contributed by atoms with Crippen LogP contribution in [-0.2, 0) is 0 Å². The van der Waals surface area contributed by atoms with E-state index in [2.05, 4.69) is 36.2 Å². The number of carbonyl (C=O) groups is 1. The quantitative estimate of drug-likeness (QED) is 0.947. The number of pyridine rings is 1. The van der Waals surface area contributed by atoms with E-state index in [4.69, 9.17) is 5.73 Å². The monoisotopic (exact) mass is 295 g/mol. The topological polar surface area (TPSA) is 59.2 Å². The fraction of sp³-hybridized carbons (Fsp3) is 0.333.